The van der Waals surface area contributed by atoms with Crippen LogP contribution in [0.2, 0.25) is 0 Å². The molecule has 0 spiro atoms. The van der Waals surface area contributed by atoms with E-state index in [0.717, 1.165) is 12.8 Å². The van der Waals surface area contributed by atoms with E-state index in [1.807, 2.05) is 20.8 Å². The number of likely N-dealkylation sites (tertiary alicyclic amines) is 1. The van der Waals surface area contributed by atoms with E-state index < -0.39 is 5.60 Å². The van der Waals surface area contributed by atoms with E-state index in [4.69, 9.17) is 9.47 Å². The lowest BCUT2D eigenvalue weighted by molar-refractivity contribution is 0.0252. The van der Waals surface area contributed by atoms with Crippen LogP contribution in [0.5, 0.6) is 0 Å². The van der Waals surface area contributed by atoms with Gasteiger partial charge >= 0.3 is 6.09 Å². The highest BCUT2D eigenvalue weighted by atomic mass is 16.6. The van der Waals surface area contributed by atoms with Crippen LogP contribution in [0.1, 0.15) is 49.9 Å². The molecule has 2 aliphatic rings. The maximum Gasteiger partial charge on any atom is 0.410 e. The Hall–Kier alpha value is -1.59. The molecule has 0 aromatic heterocycles. The van der Waals surface area contributed by atoms with Crippen molar-refractivity contribution in [2.45, 2.75) is 64.3 Å². The van der Waals surface area contributed by atoms with Crippen LogP contribution < -0.4 is 5.32 Å². The van der Waals surface area contributed by atoms with Gasteiger partial charge in [-0.25, -0.2) is 4.79 Å². The highest BCUT2D eigenvalue weighted by molar-refractivity contribution is 5.68. The van der Waals surface area contributed by atoms with E-state index in [-0.39, 0.29) is 18.2 Å². The molecule has 1 aromatic rings. The van der Waals surface area contributed by atoms with E-state index in [1.54, 1.807) is 12.0 Å². The third-order valence-electron chi connectivity index (χ3n) is 5.02. The first-order valence-corrected chi connectivity index (χ1v) is 9.13. The Balaban J connectivity index is 1.67. The lowest BCUT2D eigenvalue weighted by Crippen LogP contribution is -2.42. The fraction of sp³-hybridized carbons (Fsp3) is 0.650. The molecule has 1 fully saturated rings. The largest absolute Gasteiger partial charge is 0.444 e. The van der Waals surface area contributed by atoms with Crippen molar-refractivity contribution < 1.29 is 14.3 Å². The molecule has 5 heteroatoms. The highest BCUT2D eigenvalue weighted by Crippen LogP contribution is 2.33. The molecule has 1 saturated heterocycles. The van der Waals surface area contributed by atoms with Crippen LogP contribution in [0.15, 0.2) is 18.2 Å². The Labute approximate surface area is 150 Å². The number of carbonyl (C=O) groups is 1. The molecular weight excluding hydrogens is 316 g/mol. The maximum absolute atomic E-state index is 12.4. The SMILES string of the molecule is CO[C@H]1CN(C(=O)OC(C)(C)C)CC1NC1CCc2ccc(C)cc21. The van der Waals surface area contributed by atoms with Crippen LogP contribution in [0.3, 0.4) is 0 Å². The lowest BCUT2D eigenvalue weighted by Gasteiger charge is -2.25. The minimum Gasteiger partial charge on any atom is -0.444 e. The number of carbonyl (C=O) groups excluding carboxylic acids is 1. The van der Waals surface area contributed by atoms with Gasteiger partial charge in [-0.1, -0.05) is 23.8 Å². The average Bonchev–Trinajstić information content (AvgIpc) is 3.10. The number of fused-ring (bicyclic) bond motifs is 1. The van der Waals surface area contributed by atoms with Crippen molar-refractivity contribution in [2.75, 3.05) is 20.2 Å². The second-order valence-electron chi connectivity index (χ2n) is 8.23. The van der Waals surface area contributed by atoms with Crippen molar-refractivity contribution in [1.29, 1.82) is 0 Å². The Morgan fingerprint density at radius 3 is 2.72 bits per heavy atom. The fourth-order valence-corrected chi connectivity index (χ4v) is 3.80. The third kappa shape index (κ3) is 4.15. The first-order chi connectivity index (χ1) is 11.8. The van der Waals surface area contributed by atoms with Crippen LogP contribution >= 0.6 is 0 Å². The van der Waals surface area contributed by atoms with Gasteiger partial charge in [-0.05, 0) is 51.7 Å². The van der Waals surface area contributed by atoms with Gasteiger partial charge in [0.25, 0.3) is 0 Å². The summed E-state index contributed by atoms with van der Waals surface area (Å²) < 4.78 is 11.2. The number of hydrogen-bond acceptors (Lipinski definition) is 4. The van der Waals surface area contributed by atoms with Gasteiger partial charge in [0.1, 0.15) is 5.60 Å². The summed E-state index contributed by atoms with van der Waals surface area (Å²) in [6, 6.07) is 7.15. The molecule has 1 N–H and O–H groups in total. The zero-order valence-electron chi connectivity index (χ0n) is 16.0. The molecule has 1 amide bonds. The van der Waals surface area contributed by atoms with Gasteiger partial charge in [-0.2, -0.15) is 0 Å². The quantitative estimate of drug-likeness (QED) is 0.913. The van der Waals surface area contributed by atoms with Gasteiger partial charge < -0.3 is 19.7 Å². The maximum atomic E-state index is 12.4. The highest BCUT2D eigenvalue weighted by Gasteiger charge is 2.39. The standard InChI is InChI=1S/C20H30N2O3/c1-13-6-7-14-8-9-16(15(14)10-13)21-17-11-22(12-18(17)24-5)19(23)25-20(2,3)4/h6-7,10,16-18,21H,8-9,11-12H2,1-5H3/t16?,17?,18-/m0/s1. The molecule has 3 atom stereocenters. The molecule has 5 nitrogen and oxygen atoms in total. The van der Waals surface area contributed by atoms with Crippen LogP contribution in [-0.4, -0.2) is 48.9 Å². The summed E-state index contributed by atoms with van der Waals surface area (Å²) >= 11 is 0. The van der Waals surface area contributed by atoms with Crippen molar-refractivity contribution >= 4 is 6.09 Å². The average molecular weight is 346 g/mol. The molecule has 0 saturated carbocycles. The number of aryl methyl sites for hydroxylation is 2. The fourth-order valence-electron chi connectivity index (χ4n) is 3.80. The number of ether oxygens (including phenoxy) is 2. The molecule has 1 aliphatic heterocycles. The summed E-state index contributed by atoms with van der Waals surface area (Å²) in [4.78, 5) is 14.1. The van der Waals surface area contributed by atoms with E-state index in [1.165, 1.54) is 16.7 Å². The van der Waals surface area contributed by atoms with Crippen LogP contribution in [0, 0.1) is 6.92 Å². The zero-order valence-corrected chi connectivity index (χ0v) is 16.0. The van der Waals surface area contributed by atoms with Gasteiger partial charge in [0.15, 0.2) is 0 Å². The van der Waals surface area contributed by atoms with E-state index >= 15 is 0 Å². The smallest absolute Gasteiger partial charge is 0.410 e. The van der Waals surface area contributed by atoms with Gasteiger partial charge in [0.05, 0.1) is 18.7 Å². The molecule has 0 bridgehead atoms. The van der Waals surface area contributed by atoms with E-state index in [9.17, 15) is 4.79 Å². The summed E-state index contributed by atoms with van der Waals surface area (Å²) in [5.74, 6) is 0. The Morgan fingerprint density at radius 2 is 2.04 bits per heavy atom. The second kappa shape index (κ2) is 6.96. The van der Waals surface area contributed by atoms with Crippen molar-refractivity contribution in [3.05, 3.63) is 34.9 Å². The first kappa shape index (κ1) is 18.2. The van der Waals surface area contributed by atoms with Crippen LogP contribution in [0.25, 0.3) is 0 Å². The van der Waals surface area contributed by atoms with Gasteiger partial charge in [-0.3, -0.25) is 0 Å². The molecule has 0 radical (unpaired) electrons. The number of benzene rings is 1. The minimum absolute atomic E-state index is 0.0126. The minimum atomic E-state index is -0.479. The summed E-state index contributed by atoms with van der Waals surface area (Å²) in [6.45, 7) is 8.99. The molecule has 25 heavy (non-hydrogen) atoms. The third-order valence-corrected chi connectivity index (χ3v) is 5.02. The zero-order chi connectivity index (χ0) is 18.2. The Morgan fingerprint density at radius 1 is 1.28 bits per heavy atom. The molecular formula is C20H30N2O3. The number of rotatable bonds is 3. The van der Waals surface area contributed by atoms with Gasteiger partial charge in [0.2, 0.25) is 0 Å². The summed E-state index contributed by atoms with van der Waals surface area (Å²) in [5.41, 5.74) is 3.63. The Bertz CT molecular complexity index is 638. The Kier molecular flexibility index (Phi) is 5.07. The topological polar surface area (TPSA) is 50.8 Å². The normalized spacial score (nSPS) is 26.0. The van der Waals surface area contributed by atoms with Gasteiger partial charge in [0, 0.05) is 19.7 Å². The number of nitrogens with one attached hydrogen (secondary N) is 1. The van der Waals surface area contributed by atoms with Crippen molar-refractivity contribution in [3.63, 3.8) is 0 Å². The van der Waals surface area contributed by atoms with Crippen LogP contribution in [0.4, 0.5) is 4.79 Å². The van der Waals surface area contributed by atoms with Crippen molar-refractivity contribution in [3.8, 4) is 0 Å². The molecule has 3 rings (SSSR count). The van der Waals surface area contributed by atoms with Crippen LogP contribution in [-0.2, 0) is 15.9 Å². The van der Waals surface area contributed by atoms with Crippen molar-refractivity contribution in [1.82, 2.24) is 10.2 Å². The van der Waals surface area contributed by atoms with E-state index in [0.29, 0.717) is 19.1 Å². The summed E-state index contributed by atoms with van der Waals surface area (Å²) in [5, 5.41) is 3.74. The summed E-state index contributed by atoms with van der Waals surface area (Å²) in [7, 11) is 1.71. The molecule has 138 valence electrons. The van der Waals surface area contributed by atoms with E-state index in [2.05, 4.69) is 30.4 Å². The van der Waals surface area contributed by atoms with Gasteiger partial charge in [-0.15, -0.1) is 0 Å². The second-order valence-corrected chi connectivity index (χ2v) is 8.23. The number of amides is 1. The number of hydrogen-bond donors (Lipinski definition) is 1. The predicted octanol–water partition coefficient (Wildman–Crippen LogP) is 3.21. The first-order valence-electron chi connectivity index (χ1n) is 9.13. The monoisotopic (exact) mass is 346 g/mol. The molecule has 1 aliphatic carbocycles. The number of nitrogens with zero attached hydrogens (tertiary/aromatic N) is 1. The molecule has 1 heterocycles. The summed E-state index contributed by atoms with van der Waals surface area (Å²) in [6.07, 6.45) is 1.92. The molecule has 2 unspecified atom stereocenters. The lowest BCUT2D eigenvalue weighted by atomic mass is 10.0. The van der Waals surface area contributed by atoms with Crippen molar-refractivity contribution in [2.24, 2.45) is 0 Å². The number of methoxy groups -OCH3 is 1. The molecule has 1 aromatic carbocycles. The predicted molar refractivity (Wildman–Crippen MR) is 97.8 cm³/mol.